The van der Waals surface area contributed by atoms with Gasteiger partial charge in [-0.3, -0.25) is 0 Å². The molecule has 1 heterocycles. The molecule has 0 aromatic carbocycles. The van der Waals surface area contributed by atoms with E-state index in [0.29, 0.717) is 6.54 Å². The molecule has 0 spiro atoms. The van der Waals surface area contributed by atoms with Gasteiger partial charge in [0.15, 0.2) is 0 Å². The summed E-state index contributed by atoms with van der Waals surface area (Å²) >= 11 is 0. The molecule has 0 aliphatic carbocycles. The van der Waals surface area contributed by atoms with Gasteiger partial charge in [0.25, 0.3) is 0 Å². The molecule has 0 aliphatic rings. The van der Waals surface area contributed by atoms with Crippen molar-refractivity contribution in [2.24, 2.45) is 5.73 Å². The predicted molar refractivity (Wildman–Crippen MR) is 63.4 cm³/mol. The highest BCUT2D eigenvalue weighted by atomic mass is 31.1. The number of hydrogen-bond acceptors (Lipinski definition) is 10. The molecule has 14 heteroatoms. The molecular weight excluding hydrogens is 308 g/mol. The summed E-state index contributed by atoms with van der Waals surface area (Å²) in [6.07, 6.45) is 4.33. The van der Waals surface area contributed by atoms with Crippen LogP contribution >= 0.6 is 18.1 Å². The van der Waals surface area contributed by atoms with Crippen LogP contribution in [0.25, 0.3) is 0 Å². The molecular formula is C5H15N3O9P2. The number of aromatic amines is 1. The van der Waals surface area contributed by atoms with Gasteiger partial charge in [-0.25, -0.2) is 15.5 Å². The second kappa shape index (κ2) is 17.7. The quantitative estimate of drug-likeness (QED) is 0.207. The van der Waals surface area contributed by atoms with Crippen molar-refractivity contribution in [3.05, 3.63) is 18.2 Å². The van der Waals surface area contributed by atoms with E-state index in [1.54, 1.807) is 12.5 Å². The van der Waals surface area contributed by atoms with Crippen LogP contribution in [-0.2, 0) is 35.2 Å². The molecule has 12 nitrogen and oxygen atoms in total. The third kappa shape index (κ3) is 15.6. The van der Waals surface area contributed by atoms with Crippen LogP contribution in [0.5, 0.6) is 0 Å². The van der Waals surface area contributed by atoms with Crippen molar-refractivity contribution >= 4 is 18.1 Å². The van der Waals surface area contributed by atoms with E-state index in [9.17, 15) is 0 Å². The first kappa shape index (κ1) is 21.0. The Morgan fingerprint density at radius 1 is 1.26 bits per heavy atom. The van der Waals surface area contributed by atoms with Gasteiger partial charge in [-0.2, -0.15) is 18.7 Å². The zero-order valence-electron chi connectivity index (χ0n) is 9.44. The van der Waals surface area contributed by atoms with E-state index in [2.05, 4.69) is 38.7 Å². The minimum Gasteiger partial charge on any atom is -0.412 e. The van der Waals surface area contributed by atoms with Gasteiger partial charge in [-0.1, -0.05) is 0 Å². The molecule has 0 aliphatic heterocycles. The average molecular weight is 323 g/mol. The smallest absolute Gasteiger partial charge is 0.235 e. The summed E-state index contributed by atoms with van der Waals surface area (Å²) in [5.41, 5.74) is 6.38. The molecule has 0 amide bonds. The molecule has 0 radical (unpaired) electrons. The maximum absolute atomic E-state index is 7.64. The van der Waals surface area contributed by atoms with Gasteiger partial charge in [0.1, 0.15) is 0 Å². The van der Waals surface area contributed by atoms with Crippen molar-refractivity contribution in [2.45, 2.75) is 6.42 Å². The summed E-state index contributed by atoms with van der Waals surface area (Å²) in [7, 11) is -1.34. The van der Waals surface area contributed by atoms with Gasteiger partial charge in [0.2, 0.25) is 18.1 Å². The molecule has 1 aromatic rings. The number of imidazole rings is 1. The number of rotatable bonds is 9. The Kier molecular flexibility index (Phi) is 19.5. The third-order valence-corrected chi connectivity index (χ3v) is 1.89. The summed E-state index contributed by atoms with van der Waals surface area (Å²) in [5.74, 6) is 0. The van der Waals surface area contributed by atoms with Gasteiger partial charge >= 0.3 is 0 Å². The van der Waals surface area contributed by atoms with E-state index in [0.717, 1.165) is 12.1 Å². The highest BCUT2D eigenvalue weighted by Crippen LogP contribution is 2.21. The fourth-order valence-electron chi connectivity index (χ4n) is 0.669. The number of nitrogens with two attached hydrogens (primary N) is 1. The van der Waals surface area contributed by atoms with Crippen molar-refractivity contribution in [3.63, 3.8) is 0 Å². The molecule has 0 bridgehead atoms. The van der Waals surface area contributed by atoms with Crippen molar-refractivity contribution < 1.29 is 44.8 Å². The molecule has 1 aromatic heterocycles. The number of nitrogens with one attached hydrogen (secondary N) is 1. The van der Waals surface area contributed by atoms with Gasteiger partial charge in [0.05, 0.1) is 6.33 Å². The van der Waals surface area contributed by atoms with E-state index in [4.69, 9.17) is 16.2 Å². The van der Waals surface area contributed by atoms with Crippen molar-refractivity contribution in [1.29, 1.82) is 0 Å². The van der Waals surface area contributed by atoms with Crippen molar-refractivity contribution in [1.82, 2.24) is 9.97 Å². The Bertz CT molecular complexity index is 246. The summed E-state index contributed by atoms with van der Waals surface area (Å²) in [4.78, 5) is 6.78. The number of aromatic nitrogens is 2. The zero-order chi connectivity index (χ0) is 13.5. The Hall–Kier alpha value is -0.330. The number of H-pyrrole nitrogens is 1. The van der Waals surface area contributed by atoms with Gasteiger partial charge in [0, 0.05) is 18.3 Å². The first-order valence-corrected chi connectivity index (χ1v) is 5.92. The van der Waals surface area contributed by atoms with Crippen LogP contribution in [0, 0.1) is 0 Å². The van der Waals surface area contributed by atoms with Crippen LogP contribution < -0.4 is 5.73 Å². The lowest BCUT2D eigenvalue weighted by Gasteiger charge is -1.97. The van der Waals surface area contributed by atoms with Crippen LogP contribution in [-0.4, -0.2) is 32.5 Å². The second-order valence-corrected chi connectivity index (χ2v) is 3.28. The highest BCUT2D eigenvalue weighted by Gasteiger charge is 1.90. The Morgan fingerprint density at radius 3 is 2.53 bits per heavy atom. The van der Waals surface area contributed by atoms with Crippen molar-refractivity contribution in [2.75, 3.05) is 6.54 Å². The lowest BCUT2D eigenvalue weighted by Crippen LogP contribution is -2.02. The fraction of sp³-hybridized carbons (Fsp3) is 0.400. The van der Waals surface area contributed by atoms with Crippen LogP contribution in [0.4, 0.5) is 0 Å². The highest BCUT2D eigenvalue weighted by molar-refractivity contribution is 7.28. The molecule has 2 atom stereocenters. The zero-order valence-corrected chi connectivity index (χ0v) is 11.4. The van der Waals surface area contributed by atoms with Gasteiger partial charge in [-0.05, 0) is 16.6 Å². The minimum atomic E-state index is -0.672. The Morgan fingerprint density at radius 2 is 2.00 bits per heavy atom. The van der Waals surface area contributed by atoms with Crippen LogP contribution in [0.2, 0.25) is 0 Å². The molecule has 19 heavy (non-hydrogen) atoms. The molecule has 0 fully saturated rings. The van der Waals surface area contributed by atoms with Crippen LogP contribution in [0.15, 0.2) is 12.5 Å². The summed E-state index contributed by atoms with van der Waals surface area (Å²) < 4.78 is 15.5. The maximum Gasteiger partial charge on any atom is 0.235 e. The summed E-state index contributed by atoms with van der Waals surface area (Å²) in [5, 5.41) is 21.6. The second-order valence-electron chi connectivity index (χ2n) is 2.27. The third-order valence-electron chi connectivity index (χ3n) is 1.21. The number of hydrogen-bond donors (Lipinski definition) is 4. The molecule has 0 saturated heterocycles. The van der Waals surface area contributed by atoms with Gasteiger partial charge in [-0.15, -0.1) is 0 Å². The topological polar surface area (TPSA) is 182 Å². The summed E-state index contributed by atoms with van der Waals surface area (Å²) in [6, 6.07) is 0. The molecule has 7 N–H and O–H groups in total. The predicted octanol–water partition coefficient (Wildman–Crippen LogP) is -0.120. The molecule has 0 saturated carbocycles. The lowest BCUT2D eigenvalue weighted by atomic mass is 10.3. The average Bonchev–Trinajstić information content (AvgIpc) is 2.88. The summed E-state index contributed by atoms with van der Waals surface area (Å²) in [6.45, 7) is 0.683. The van der Waals surface area contributed by atoms with E-state index in [-0.39, 0.29) is 5.48 Å². The maximum atomic E-state index is 7.64. The van der Waals surface area contributed by atoms with E-state index < -0.39 is 18.1 Å². The normalized spacial score (nSPS) is 10.7. The largest absolute Gasteiger partial charge is 0.412 e. The lowest BCUT2D eigenvalue weighted by molar-refractivity contribution is -0.594. The molecule has 1 rings (SSSR count). The first-order valence-electron chi connectivity index (χ1n) is 4.29. The molecule has 114 valence electrons. The van der Waals surface area contributed by atoms with Crippen molar-refractivity contribution in [3.8, 4) is 0 Å². The monoisotopic (exact) mass is 323 g/mol. The van der Waals surface area contributed by atoms with E-state index in [1.165, 1.54) is 0 Å². The Labute approximate surface area is 111 Å². The number of nitrogens with zero attached hydrogens (tertiary/aromatic N) is 1. The SMILES string of the molecule is NCCc1cnc[nH]1.O.OOOOPOOPOO. The fourth-order valence-corrected chi connectivity index (χ4v) is 1.06. The van der Waals surface area contributed by atoms with Crippen LogP contribution in [0.1, 0.15) is 5.69 Å². The van der Waals surface area contributed by atoms with E-state index in [1.807, 2.05) is 0 Å². The minimum absolute atomic E-state index is 0. The first-order chi connectivity index (χ1) is 8.85. The Balaban J connectivity index is 0. The van der Waals surface area contributed by atoms with Crippen LogP contribution in [0.3, 0.4) is 0 Å². The van der Waals surface area contributed by atoms with E-state index >= 15 is 0 Å². The van der Waals surface area contributed by atoms with Gasteiger partial charge < -0.3 is 16.2 Å². The molecule has 2 unspecified atom stereocenters. The standard InChI is InChI=1S/C5H9N3.H4O8P2.H2O/c6-2-1-5-3-7-4-8-5;1-3-5-6-10-8-7-9-4-2;/h3-4H,1-2,6H2,(H,7,8);1-2,9-10H;1H2.